The second kappa shape index (κ2) is 7.39. The Labute approximate surface area is 173 Å². The van der Waals surface area contributed by atoms with Crippen LogP contribution in [0, 0.1) is 11.7 Å². The van der Waals surface area contributed by atoms with E-state index < -0.39 is 18.1 Å². The highest BCUT2D eigenvalue weighted by Gasteiger charge is 2.59. The predicted molar refractivity (Wildman–Crippen MR) is 108 cm³/mol. The first kappa shape index (κ1) is 18.5. The number of imide groups is 1. The zero-order valence-electron chi connectivity index (χ0n) is 16.0. The molecule has 2 heterocycles. The third-order valence-electron chi connectivity index (χ3n) is 5.61. The summed E-state index contributed by atoms with van der Waals surface area (Å²) >= 11 is 0. The van der Waals surface area contributed by atoms with E-state index in [9.17, 15) is 14.0 Å². The number of rotatable bonds is 4. The molecule has 0 spiro atoms. The highest BCUT2D eigenvalue weighted by atomic mass is 19.1. The number of likely N-dealkylation sites (tertiary alicyclic amines) is 1. The van der Waals surface area contributed by atoms with Gasteiger partial charge >= 0.3 is 0 Å². The summed E-state index contributed by atoms with van der Waals surface area (Å²) in [5.41, 5.74) is 2.32. The lowest BCUT2D eigenvalue weighted by Gasteiger charge is -2.28. The van der Waals surface area contributed by atoms with Gasteiger partial charge in [-0.2, -0.15) is 0 Å². The first-order valence-corrected chi connectivity index (χ1v) is 9.79. The van der Waals surface area contributed by atoms with Gasteiger partial charge in [-0.25, -0.2) is 9.45 Å². The van der Waals surface area contributed by atoms with Gasteiger partial charge in [-0.05, 0) is 35.4 Å². The molecule has 150 valence electrons. The minimum Gasteiger partial charge on any atom is -0.275 e. The number of hydrogen-bond donors (Lipinski definition) is 0. The van der Waals surface area contributed by atoms with Crippen LogP contribution in [0.1, 0.15) is 17.2 Å². The van der Waals surface area contributed by atoms with Crippen molar-refractivity contribution in [1.82, 2.24) is 4.90 Å². The Kier molecular flexibility index (Phi) is 4.56. The molecular weight excluding hydrogens is 383 g/mol. The highest BCUT2D eigenvalue weighted by Crippen LogP contribution is 2.46. The molecular formula is C24H19FN2O3. The maximum absolute atomic E-state index is 13.5. The second-order valence-electron chi connectivity index (χ2n) is 7.46. The lowest BCUT2D eigenvalue weighted by atomic mass is 9.90. The Morgan fingerprint density at radius 2 is 1.43 bits per heavy atom. The predicted octanol–water partition coefficient (Wildman–Crippen LogP) is 3.87. The Hall–Kier alpha value is -3.51. The largest absolute Gasteiger partial charge is 0.275 e. The van der Waals surface area contributed by atoms with Crippen molar-refractivity contribution in [3.05, 3.63) is 102 Å². The number of carbonyl (C=O) groups is 2. The number of carbonyl (C=O) groups excluding carboxylic acids is 2. The molecule has 0 unspecified atom stereocenters. The number of para-hydroxylation sites is 1. The summed E-state index contributed by atoms with van der Waals surface area (Å²) in [4.78, 5) is 33.8. The van der Waals surface area contributed by atoms with Crippen molar-refractivity contribution in [3.8, 4) is 0 Å². The highest BCUT2D eigenvalue weighted by molar-refractivity contribution is 6.07. The molecule has 3 aromatic rings. The summed E-state index contributed by atoms with van der Waals surface area (Å²) in [6.07, 6.45) is -0.906. The molecule has 2 aliphatic heterocycles. The number of benzene rings is 3. The van der Waals surface area contributed by atoms with E-state index >= 15 is 0 Å². The van der Waals surface area contributed by atoms with E-state index in [1.165, 1.54) is 17.0 Å². The average Bonchev–Trinajstić information content (AvgIpc) is 3.28. The molecule has 2 aliphatic rings. The minimum absolute atomic E-state index is 0.205. The van der Waals surface area contributed by atoms with Crippen molar-refractivity contribution < 1.29 is 18.8 Å². The number of hydroxylamine groups is 1. The fraction of sp³-hybridized carbons (Fsp3) is 0.167. The van der Waals surface area contributed by atoms with E-state index in [0.717, 1.165) is 16.8 Å². The van der Waals surface area contributed by atoms with Crippen LogP contribution < -0.4 is 5.06 Å². The Morgan fingerprint density at radius 1 is 0.800 bits per heavy atom. The Balaban J connectivity index is 1.52. The number of hydrogen-bond acceptors (Lipinski definition) is 4. The summed E-state index contributed by atoms with van der Waals surface area (Å²) < 4.78 is 13.5. The standard InChI is InChI=1S/C24H19FN2O3/c25-18-13-11-17(12-14-18)21-20-22(30-27(21)19-9-5-2-6-10-19)24(29)26(23(20)28)15-16-7-3-1-4-8-16/h1-14,20-22H,15H2/t20-,21-,22+/m1/s1. The number of fused-ring (bicyclic) bond motifs is 1. The molecule has 2 amide bonds. The van der Waals surface area contributed by atoms with Crippen LogP contribution in [0.4, 0.5) is 10.1 Å². The molecule has 5 nitrogen and oxygen atoms in total. The molecule has 0 radical (unpaired) electrons. The van der Waals surface area contributed by atoms with Crippen LogP contribution in [0.3, 0.4) is 0 Å². The fourth-order valence-electron chi connectivity index (χ4n) is 4.19. The van der Waals surface area contributed by atoms with E-state index in [1.54, 1.807) is 17.2 Å². The Bertz CT molecular complexity index is 1070. The smallest absolute Gasteiger partial charge is 0.262 e. The van der Waals surface area contributed by atoms with Crippen LogP contribution in [0.5, 0.6) is 0 Å². The van der Waals surface area contributed by atoms with Gasteiger partial charge in [0, 0.05) is 0 Å². The first-order valence-electron chi connectivity index (χ1n) is 9.79. The molecule has 5 rings (SSSR count). The van der Waals surface area contributed by atoms with Crippen LogP contribution in [-0.4, -0.2) is 22.8 Å². The third kappa shape index (κ3) is 3.06. The van der Waals surface area contributed by atoms with Gasteiger partial charge in [0.15, 0.2) is 6.10 Å². The molecule has 0 aromatic heterocycles. The van der Waals surface area contributed by atoms with Gasteiger partial charge in [0.25, 0.3) is 5.91 Å². The SMILES string of the molecule is O=C1[C@H]2[C@H](ON(c3ccccc3)[C@@H]2c2ccc(F)cc2)C(=O)N1Cc1ccccc1. The second-order valence-corrected chi connectivity index (χ2v) is 7.46. The van der Waals surface area contributed by atoms with Gasteiger partial charge < -0.3 is 0 Å². The summed E-state index contributed by atoms with van der Waals surface area (Å²) in [5.74, 6) is -1.69. The first-order chi connectivity index (χ1) is 14.6. The fourth-order valence-corrected chi connectivity index (χ4v) is 4.19. The third-order valence-corrected chi connectivity index (χ3v) is 5.61. The van der Waals surface area contributed by atoms with Crippen molar-refractivity contribution >= 4 is 17.5 Å². The summed E-state index contributed by atoms with van der Waals surface area (Å²) in [7, 11) is 0. The van der Waals surface area contributed by atoms with Crippen LogP contribution in [0.25, 0.3) is 0 Å². The van der Waals surface area contributed by atoms with Crippen molar-refractivity contribution in [2.45, 2.75) is 18.7 Å². The maximum Gasteiger partial charge on any atom is 0.262 e. The molecule has 2 fully saturated rings. The van der Waals surface area contributed by atoms with Gasteiger partial charge in [-0.3, -0.25) is 19.3 Å². The monoisotopic (exact) mass is 402 g/mol. The van der Waals surface area contributed by atoms with Crippen LogP contribution in [0.2, 0.25) is 0 Å². The van der Waals surface area contributed by atoms with Crippen LogP contribution >= 0.6 is 0 Å². The number of halogens is 1. The maximum atomic E-state index is 13.5. The minimum atomic E-state index is -0.906. The van der Waals surface area contributed by atoms with Crippen LogP contribution in [0.15, 0.2) is 84.9 Å². The lowest BCUT2D eigenvalue weighted by Crippen LogP contribution is -2.36. The zero-order chi connectivity index (χ0) is 20.7. The van der Waals surface area contributed by atoms with Crippen LogP contribution in [-0.2, 0) is 21.0 Å². The van der Waals surface area contributed by atoms with Gasteiger partial charge in [-0.1, -0.05) is 60.7 Å². The van der Waals surface area contributed by atoms with E-state index in [1.807, 2.05) is 60.7 Å². The van der Waals surface area contributed by atoms with Gasteiger partial charge in [0.05, 0.1) is 18.3 Å². The molecule has 2 saturated heterocycles. The molecule has 0 saturated carbocycles. The van der Waals surface area contributed by atoms with E-state index in [2.05, 4.69) is 0 Å². The van der Waals surface area contributed by atoms with Gasteiger partial charge in [0.1, 0.15) is 11.7 Å². The normalized spacial score (nSPS) is 23.2. The lowest BCUT2D eigenvalue weighted by molar-refractivity contribution is -0.143. The quantitative estimate of drug-likeness (QED) is 0.622. The topological polar surface area (TPSA) is 49.9 Å². The molecule has 3 atom stereocenters. The van der Waals surface area contributed by atoms with Crippen molar-refractivity contribution in [1.29, 1.82) is 0 Å². The number of anilines is 1. The number of nitrogens with zero attached hydrogens (tertiary/aromatic N) is 2. The van der Waals surface area contributed by atoms with Crippen molar-refractivity contribution in [2.24, 2.45) is 5.92 Å². The molecule has 0 N–H and O–H groups in total. The van der Waals surface area contributed by atoms with E-state index in [4.69, 9.17) is 4.84 Å². The van der Waals surface area contributed by atoms with Crippen molar-refractivity contribution in [3.63, 3.8) is 0 Å². The average molecular weight is 402 g/mol. The van der Waals surface area contributed by atoms with Crippen molar-refractivity contribution in [2.75, 3.05) is 5.06 Å². The Morgan fingerprint density at radius 3 is 2.10 bits per heavy atom. The van der Waals surface area contributed by atoms with Gasteiger partial charge in [0.2, 0.25) is 5.91 Å². The summed E-state index contributed by atoms with van der Waals surface area (Å²) in [6, 6.07) is 24.2. The molecule has 0 bridgehead atoms. The summed E-state index contributed by atoms with van der Waals surface area (Å²) in [5, 5.41) is 1.61. The molecule has 0 aliphatic carbocycles. The number of amides is 2. The zero-order valence-corrected chi connectivity index (χ0v) is 16.0. The van der Waals surface area contributed by atoms with Gasteiger partial charge in [-0.15, -0.1) is 0 Å². The molecule has 6 heteroatoms. The van der Waals surface area contributed by atoms with E-state index in [0.29, 0.717) is 0 Å². The summed E-state index contributed by atoms with van der Waals surface area (Å²) in [6.45, 7) is 0.205. The van der Waals surface area contributed by atoms with E-state index in [-0.39, 0.29) is 24.2 Å². The molecule has 3 aromatic carbocycles. The molecule has 30 heavy (non-hydrogen) atoms.